The smallest absolute Gasteiger partial charge is 0.311 e. The van der Waals surface area contributed by atoms with Crippen LogP contribution in [0, 0.1) is 0 Å². The average molecular weight is 355 g/mol. The molecule has 0 unspecified atom stereocenters. The van der Waals surface area contributed by atoms with Crippen LogP contribution in [-0.4, -0.2) is 33.7 Å². The van der Waals surface area contributed by atoms with E-state index in [0.29, 0.717) is 17.4 Å². The normalized spacial score (nSPS) is 10.9. The molecule has 0 saturated carbocycles. The first-order valence-electron chi connectivity index (χ1n) is 7.72. The fraction of sp³-hybridized carbons (Fsp3) is 0.176. The summed E-state index contributed by atoms with van der Waals surface area (Å²) in [5.41, 5.74) is 6.48. The van der Waals surface area contributed by atoms with Crippen LogP contribution < -0.4 is 5.43 Å². The van der Waals surface area contributed by atoms with Crippen molar-refractivity contribution in [1.82, 2.24) is 15.0 Å². The Labute approximate surface area is 148 Å². The fourth-order valence-corrected chi connectivity index (χ4v) is 2.82. The van der Waals surface area contributed by atoms with Crippen LogP contribution in [0.2, 0.25) is 0 Å². The molecule has 0 radical (unpaired) electrons. The third kappa shape index (κ3) is 4.74. The van der Waals surface area contributed by atoms with Gasteiger partial charge in [-0.15, -0.1) is 11.3 Å². The third-order valence-corrected chi connectivity index (χ3v) is 4.05. The van der Waals surface area contributed by atoms with Gasteiger partial charge in [-0.05, 0) is 18.6 Å². The fourth-order valence-electron chi connectivity index (χ4n) is 2.16. The summed E-state index contributed by atoms with van der Waals surface area (Å²) < 4.78 is 4.90. The van der Waals surface area contributed by atoms with Crippen LogP contribution >= 0.6 is 11.3 Å². The molecule has 2 heterocycles. The quantitative estimate of drug-likeness (QED) is 0.386. The topological polar surface area (TPSA) is 92.3 Å². The maximum Gasteiger partial charge on any atom is 0.311 e. The van der Waals surface area contributed by atoms with Crippen LogP contribution in [0.15, 0.2) is 47.3 Å². The summed E-state index contributed by atoms with van der Waals surface area (Å²) in [5.74, 6) is -0.279. The molecule has 0 amide bonds. The molecule has 7 nitrogen and oxygen atoms in total. The number of hydrogen-bond donors (Lipinski definition) is 2. The van der Waals surface area contributed by atoms with Gasteiger partial charge in [0.05, 0.1) is 43.2 Å². The Morgan fingerprint density at radius 3 is 3.20 bits per heavy atom. The largest absolute Gasteiger partial charge is 0.466 e. The predicted molar refractivity (Wildman–Crippen MR) is 97.7 cm³/mol. The lowest BCUT2D eigenvalue weighted by Gasteiger charge is -1.99. The summed E-state index contributed by atoms with van der Waals surface area (Å²) in [6, 6.07) is 7.92. The number of nitrogens with one attached hydrogen (secondary N) is 2. The standard InChI is InChI=1S/C17H17N5O2S/c1-2-24-16(23)7-14-10-25-17(21-14)22-20-8-12-4-3-5-13(6-12)15-9-18-11-19-15/h3-6,8-11H,2,7H2,1H3,(H,18,19)(H,21,22). The van der Waals surface area contributed by atoms with Gasteiger partial charge in [0.15, 0.2) is 0 Å². The second-order valence-electron chi connectivity index (χ2n) is 5.09. The van der Waals surface area contributed by atoms with Gasteiger partial charge >= 0.3 is 5.97 Å². The van der Waals surface area contributed by atoms with Gasteiger partial charge in [0.2, 0.25) is 5.13 Å². The van der Waals surface area contributed by atoms with Crippen molar-refractivity contribution in [2.24, 2.45) is 5.10 Å². The molecule has 0 aliphatic heterocycles. The summed E-state index contributed by atoms with van der Waals surface area (Å²) in [5, 5.41) is 6.63. The van der Waals surface area contributed by atoms with Crippen molar-refractivity contribution in [1.29, 1.82) is 0 Å². The zero-order valence-electron chi connectivity index (χ0n) is 13.6. The molecule has 0 fully saturated rings. The zero-order valence-corrected chi connectivity index (χ0v) is 14.4. The van der Waals surface area contributed by atoms with E-state index in [9.17, 15) is 4.79 Å². The van der Waals surface area contributed by atoms with Crippen molar-refractivity contribution in [3.05, 3.63) is 53.4 Å². The van der Waals surface area contributed by atoms with Crippen LogP contribution in [0.5, 0.6) is 0 Å². The van der Waals surface area contributed by atoms with Crippen molar-refractivity contribution < 1.29 is 9.53 Å². The second-order valence-corrected chi connectivity index (χ2v) is 5.94. The average Bonchev–Trinajstić information content (AvgIpc) is 3.27. The van der Waals surface area contributed by atoms with Crippen LogP contribution in [0.1, 0.15) is 18.2 Å². The minimum Gasteiger partial charge on any atom is -0.466 e. The molecule has 0 atom stereocenters. The lowest BCUT2D eigenvalue weighted by molar-refractivity contribution is -0.142. The van der Waals surface area contributed by atoms with Gasteiger partial charge in [-0.2, -0.15) is 5.10 Å². The molecule has 128 valence electrons. The highest BCUT2D eigenvalue weighted by Gasteiger charge is 2.07. The molecular formula is C17H17N5O2S. The molecule has 2 aromatic heterocycles. The number of ether oxygens (including phenoxy) is 1. The van der Waals surface area contributed by atoms with Crippen molar-refractivity contribution in [2.75, 3.05) is 12.0 Å². The van der Waals surface area contributed by atoms with Crippen molar-refractivity contribution in [3.63, 3.8) is 0 Å². The second kappa shape index (κ2) is 8.20. The number of thiazole rings is 1. The number of aromatic nitrogens is 3. The molecule has 0 spiro atoms. The Kier molecular flexibility index (Phi) is 5.53. The van der Waals surface area contributed by atoms with E-state index in [-0.39, 0.29) is 12.4 Å². The van der Waals surface area contributed by atoms with E-state index >= 15 is 0 Å². The van der Waals surface area contributed by atoms with Gasteiger partial charge < -0.3 is 9.72 Å². The van der Waals surface area contributed by atoms with Gasteiger partial charge in [-0.1, -0.05) is 18.2 Å². The first-order valence-corrected chi connectivity index (χ1v) is 8.60. The maximum absolute atomic E-state index is 11.4. The van der Waals surface area contributed by atoms with Gasteiger partial charge in [-0.25, -0.2) is 9.97 Å². The van der Waals surface area contributed by atoms with E-state index in [4.69, 9.17) is 4.74 Å². The van der Waals surface area contributed by atoms with Gasteiger partial charge in [0.25, 0.3) is 0 Å². The minimum absolute atomic E-state index is 0.169. The van der Waals surface area contributed by atoms with Gasteiger partial charge in [-0.3, -0.25) is 10.2 Å². The molecule has 0 bridgehead atoms. The van der Waals surface area contributed by atoms with Crippen LogP contribution in [0.25, 0.3) is 11.3 Å². The molecule has 0 aliphatic carbocycles. The molecule has 1 aromatic carbocycles. The van der Waals surface area contributed by atoms with Crippen LogP contribution in [0.4, 0.5) is 5.13 Å². The van der Waals surface area contributed by atoms with E-state index in [2.05, 4.69) is 25.5 Å². The summed E-state index contributed by atoms with van der Waals surface area (Å²) in [6.45, 7) is 2.15. The molecule has 3 rings (SSSR count). The van der Waals surface area contributed by atoms with E-state index in [1.165, 1.54) is 11.3 Å². The molecule has 0 aliphatic rings. The Hall–Kier alpha value is -3.00. The lowest BCUT2D eigenvalue weighted by atomic mass is 10.1. The Bertz CT molecular complexity index is 858. The zero-order chi connectivity index (χ0) is 17.5. The number of esters is 1. The number of H-pyrrole nitrogens is 1. The number of benzene rings is 1. The number of imidazole rings is 1. The number of hydrazone groups is 1. The number of anilines is 1. The summed E-state index contributed by atoms with van der Waals surface area (Å²) >= 11 is 1.39. The van der Waals surface area contributed by atoms with E-state index < -0.39 is 0 Å². The minimum atomic E-state index is -0.279. The van der Waals surface area contributed by atoms with Crippen molar-refractivity contribution >= 4 is 28.7 Å². The third-order valence-electron chi connectivity index (χ3n) is 3.25. The van der Waals surface area contributed by atoms with Gasteiger partial charge in [0, 0.05) is 10.9 Å². The molecule has 2 N–H and O–H groups in total. The Morgan fingerprint density at radius 2 is 2.40 bits per heavy atom. The number of nitrogens with zero attached hydrogens (tertiary/aromatic N) is 3. The highest BCUT2D eigenvalue weighted by molar-refractivity contribution is 7.13. The monoisotopic (exact) mass is 355 g/mol. The number of carbonyl (C=O) groups excluding carboxylic acids is 1. The summed E-state index contributed by atoms with van der Waals surface area (Å²) in [4.78, 5) is 22.8. The van der Waals surface area contributed by atoms with Crippen LogP contribution in [0.3, 0.4) is 0 Å². The maximum atomic E-state index is 11.4. The van der Waals surface area contributed by atoms with Crippen molar-refractivity contribution in [2.45, 2.75) is 13.3 Å². The SMILES string of the molecule is CCOC(=O)Cc1csc(NN=Cc2cccc(-c3cnc[nH]3)c2)n1. The number of rotatable bonds is 7. The Morgan fingerprint density at radius 1 is 1.48 bits per heavy atom. The summed E-state index contributed by atoms with van der Waals surface area (Å²) in [6.07, 6.45) is 5.30. The number of carbonyl (C=O) groups is 1. The molecule has 0 saturated heterocycles. The molecule has 25 heavy (non-hydrogen) atoms. The molecule has 8 heteroatoms. The highest BCUT2D eigenvalue weighted by Crippen LogP contribution is 2.18. The van der Waals surface area contributed by atoms with Crippen molar-refractivity contribution in [3.8, 4) is 11.3 Å². The van der Waals surface area contributed by atoms with E-state index in [1.54, 1.807) is 25.7 Å². The predicted octanol–water partition coefficient (Wildman–Crippen LogP) is 3.08. The van der Waals surface area contributed by atoms with E-state index in [0.717, 1.165) is 16.8 Å². The molecule has 3 aromatic rings. The Balaban J connectivity index is 1.59. The summed E-state index contributed by atoms with van der Waals surface area (Å²) in [7, 11) is 0. The lowest BCUT2D eigenvalue weighted by Crippen LogP contribution is -2.07. The number of aromatic amines is 1. The molecular weight excluding hydrogens is 338 g/mol. The van der Waals surface area contributed by atoms with Crippen LogP contribution in [-0.2, 0) is 16.0 Å². The first kappa shape index (κ1) is 16.8. The van der Waals surface area contributed by atoms with E-state index in [1.807, 2.05) is 29.6 Å². The number of hydrogen-bond acceptors (Lipinski definition) is 7. The van der Waals surface area contributed by atoms with Gasteiger partial charge in [0.1, 0.15) is 0 Å². The highest BCUT2D eigenvalue weighted by atomic mass is 32.1. The first-order chi connectivity index (χ1) is 12.2.